The van der Waals surface area contributed by atoms with Gasteiger partial charge in [-0.15, -0.1) is 0 Å². The summed E-state index contributed by atoms with van der Waals surface area (Å²) >= 11 is 0. The zero-order valence-electron chi connectivity index (χ0n) is 17.1. The quantitative estimate of drug-likeness (QED) is 0.305. The molecule has 0 saturated heterocycles. The fraction of sp³-hybridized carbons (Fsp3) is 0.545. The molecule has 0 radical (unpaired) electrons. The summed E-state index contributed by atoms with van der Waals surface area (Å²) in [6.45, 7) is 2.23. The first-order valence-corrected chi connectivity index (χ1v) is 9.87. The highest BCUT2D eigenvalue weighted by Crippen LogP contribution is 2.39. The van der Waals surface area contributed by atoms with Crippen molar-refractivity contribution in [1.29, 1.82) is 0 Å². The van der Waals surface area contributed by atoms with Crippen LogP contribution in [-0.4, -0.2) is 22.8 Å². The van der Waals surface area contributed by atoms with Gasteiger partial charge < -0.3 is 0 Å². The molecule has 0 saturated carbocycles. The third-order valence-corrected chi connectivity index (χ3v) is 4.92. The van der Waals surface area contributed by atoms with Crippen molar-refractivity contribution in [3.05, 3.63) is 60.2 Å². The average molecular weight is 433 g/mol. The van der Waals surface area contributed by atoms with E-state index in [4.69, 9.17) is 0 Å². The number of pyridine rings is 2. The van der Waals surface area contributed by atoms with Crippen LogP contribution in [0.3, 0.4) is 0 Å². The Morgan fingerprint density at radius 3 is 2.07 bits per heavy atom. The van der Waals surface area contributed by atoms with E-state index in [-0.39, 0.29) is 6.54 Å². The molecule has 1 atom stereocenters. The van der Waals surface area contributed by atoms with E-state index in [0.29, 0.717) is 12.8 Å². The summed E-state index contributed by atoms with van der Waals surface area (Å²) < 4.78 is 81.8. The van der Waals surface area contributed by atoms with Crippen LogP contribution in [0.25, 0.3) is 0 Å². The van der Waals surface area contributed by atoms with Crippen molar-refractivity contribution in [3.8, 4) is 0 Å². The van der Waals surface area contributed by atoms with Crippen molar-refractivity contribution in [3.63, 3.8) is 0 Å². The maximum atomic E-state index is 13.9. The van der Waals surface area contributed by atoms with Crippen LogP contribution < -0.4 is 4.57 Å². The second-order valence-corrected chi connectivity index (χ2v) is 8.05. The average Bonchev–Trinajstić information content (AvgIpc) is 2.63. The summed E-state index contributed by atoms with van der Waals surface area (Å²) in [6.07, 6.45) is 3.85. The second kappa shape index (κ2) is 9.79. The van der Waals surface area contributed by atoms with E-state index in [9.17, 15) is 26.3 Å². The molecule has 2 nitrogen and oxygen atoms in total. The zero-order chi connectivity index (χ0) is 22.4. The van der Waals surface area contributed by atoms with Gasteiger partial charge in [0.15, 0.2) is 18.9 Å². The van der Waals surface area contributed by atoms with Crippen LogP contribution in [0.2, 0.25) is 0 Å². The molecule has 0 aliphatic heterocycles. The van der Waals surface area contributed by atoms with Crippen molar-refractivity contribution in [1.82, 2.24) is 4.98 Å². The van der Waals surface area contributed by atoms with Gasteiger partial charge in [-0.05, 0) is 48.9 Å². The van der Waals surface area contributed by atoms with E-state index in [2.05, 4.69) is 11.9 Å². The predicted octanol–water partition coefficient (Wildman–Crippen LogP) is 6.20. The third-order valence-electron chi connectivity index (χ3n) is 4.92. The molecule has 1 unspecified atom stereocenters. The van der Waals surface area contributed by atoms with Gasteiger partial charge in [-0.3, -0.25) is 4.98 Å². The standard InChI is InChI=1S/C22H27F6N2/c1-17(19-5-10-29-11-6-19)3-4-18-7-12-30(13-8-18)14-9-21(25,26)16-22(27,28)15-20(2,23)24/h5-8,10-13,17H,3-4,9,14-16H2,1-2H3/q+1. The Hall–Kier alpha value is -2.12. The molecular weight excluding hydrogens is 406 g/mol. The third kappa shape index (κ3) is 8.71. The predicted molar refractivity (Wildman–Crippen MR) is 102 cm³/mol. The zero-order valence-corrected chi connectivity index (χ0v) is 17.1. The monoisotopic (exact) mass is 433 g/mol. The first-order chi connectivity index (χ1) is 13.9. The highest BCUT2D eigenvalue weighted by atomic mass is 19.3. The molecule has 0 aliphatic carbocycles. The minimum atomic E-state index is -4.12. The van der Waals surface area contributed by atoms with Crippen molar-refractivity contribution in [2.75, 3.05) is 0 Å². The minimum Gasteiger partial charge on any atom is -0.265 e. The summed E-state index contributed by atoms with van der Waals surface area (Å²) in [4.78, 5) is 3.99. The number of aromatic nitrogens is 2. The number of hydrogen-bond acceptors (Lipinski definition) is 1. The van der Waals surface area contributed by atoms with E-state index >= 15 is 0 Å². The fourth-order valence-electron chi connectivity index (χ4n) is 3.32. The fourth-order valence-corrected chi connectivity index (χ4v) is 3.32. The molecule has 0 aliphatic rings. The smallest absolute Gasteiger partial charge is 0.259 e. The second-order valence-electron chi connectivity index (χ2n) is 8.05. The molecule has 0 amide bonds. The molecule has 166 valence electrons. The lowest BCUT2D eigenvalue weighted by Gasteiger charge is -2.24. The molecule has 8 heteroatoms. The van der Waals surface area contributed by atoms with Crippen molar-refractivity contribution >= 4 is 0 Å². The van der Waals surface area contributed by atoms with Gasteiger partial charge in [-0.2, -0.15) is 0 Å². The lowest BCUT2D eigenvalue weighted by Crippen LogP contribution is -2.39. The van der Waals surface area contributed by atoms with Gasteiger partial charge in [0.1, 0.15) is 0 Å². The largest absolute Gasteiger partial charge is 0.265 e. The van der Waals surface area contributed by atoms with Crippen molar-refractivity contribution < 1.29 is 30.9 Å². The molecule has 2 heterocycles. The van der Waals surface area contributed by atoms with Gasteiger partial charge in [0.2, 0.25) is 0 Å². The number of rotatable bonds is 11. The summed E-state index contributed by atoms with van der Waals surface area (Å²) in [5, 5.41) is 0. The van der Waals surface area contributed by atoms with Crippen LogP contribution in [0.15, 0.2) is 49.1 Å². The van der Waals surface area contributed by atoms with Gasteiger partial charge in [-0.1, -0.05) is 6.92 Å². The summed E-state index contributed by atoms with van der Waals surface area (Å²) in [5.74, 6) is -11.2. The van der Waals surface area contributed by atoms with Crippen LogP contribution in [0, 0.1) is 0 Å². The van der Waals surface area contributed by atoms with E-state index in [1.54, 1.807) is 24.8 Å². The van der Waals surface area contributed by atoms with Gasteiger partial charge >= 0.3 is 0 Å². The van der Waals surface area contributed by atoms with Crippen molar-refractivity contribution in [2.45, 2.75) is 76.2 Å². The molecular formula is C22H27F6N2+. The Kier molecular flexibility index (Phi) is 7.88. The highest BCUT2D eigenvalue weighted by molar-refractivity contribution is 5.16. The van der Waals surface area contributed by atoms with Crippen LogP contribution in [0.1, 0.15) is 56.6 Å². The topological polar surface area (TPSA) is 16.8 Å². The SMILES string of the molecule is CC(CCc1cc[n+](CCC(F)(F)CC(F)(F)CC(C)(F)F)cc1)c1ccncc1. The Morgan fingerprint density at radius 1 is 0.900 bits per heavy atom. The molecule has 0 fully saturated rings. The van der Waals surface area contributed by atoms with E-state index in [0.717, 1.165) is 18.4 Å². The first-order valence-electron chi connectivity index (χ1n) is 9.87. The van der Waals surface area contributed by atoms with Gasteiger partial charge in [0, 0.05) is 24.5 Å². The van der Waals surface area contributed by atoms with Gasteiger partial charge in [0.05, 0.1) is 19.3 Å². The van der Waals surface area contributed by atoms with Crippen LogP contribution in [-0.2, 0) is 13.0 Å². The normalized spacial score (nSPS) is 14.0. The summed E-state index contributed by atoms with van der Waals surface area (Å²) in [6, 6.07) is 7.55. The maximum Gasteiger partial charge on any atom is 0.259 e. The lowest BCUT2D eigenvalue weighted by atomic mass is 9.95. The Bertz CT molecular complexity index is 772. The van der Waals surface area contributed by atoms with E-state index in [1.165, 1.54) is 10.1 Å². The molecule has 0 aromatic carbocycles. The Labute approximate surface area is 173 Å². The van der Waals surface area contributed by atoms with E-state index < -0.39 is 37.0 Å². The van der Waals surface area contributed by atoms with Crippen LogP contribution >= 0.6 is 0 Å². The van der Waals surface area contributed by atoms with Crippen LogP contribution in [0.5, 0.6) is 0 Å². The minimum absolute atomic E-state index is 0.181. The van der Waals surface area contributed by atoms with Gasteiger partial charge in [-0.25, -0.2) is 30.9 Å². The van der Waals surface area contributed by atoms with Crippen LogP contribution in [0.4, 0.5) is 26.3 Å². The number of nitrogens with zero attached hydrogens (tertiary/aromatic N) is 2. The maximum absolute atomic E-state index is 13.9. The first kappa shape index (κ1) is 24.2. The Morgan fingerprint density at radius 2 is 1.50 bits per heavy atom. The van der Waals surface area contributed by atoms with Gasteiger partial charge in [0.25, 0.3) is 17.8 Å². The highest BCUT2D eigenvalue weighted by Gasteiger charge is 2.48. The Balaban J connectivity index is 1.83. The number of hydrogen-bond donors (Lipinski definition) is 0. The molecule has 2 aromatic heterocycles. The number of halogens is 6. The lowest BCUT2D eigenvalue weighted by molar-refractivity contribution is -0.699. The molecule has 30 heavy (non-hydrogen) atoms. The molecule has 0 N–H and O–H groups in total. The molecule has 2 aromatic rings. The molecule has 2 rings (SSSR count). The summed E-state index contributed by atoms with van der Waals surface area (Å²) in [7, 11) is 0. The number of aryl methyl sites for hydroxylation is 2. The summed E-state index contributed by atoms with van der Waals surface area (Å²) in [5.41, 5.74) is 2.23. The van der Waals surface area contributed by atoms with E-state index in [1.807, 2.05) is 24.3 Å². The van der Waals surface area contributed by atoms with Crippen molar-refractivity contribution in [2.24, 2.45) is 0 Å². The molecule has 0 bridgehead atoms. The molecule has 0 spiro atoms. The number of alkyl halides is 6.